The first kappa shape index (κ1) is 21.4. The van der Waals surface area contributed by atoms with Crippen LogP contribution in [-0.4, -0.2) is 18.5 Å². The molecule has 0 atom stereocenters. The maximum Gasteiger partial charge on any atom is 0.311 e. The van der Waals surface area contributed by atoms with E-state index in [1.807, 2.05) is 6.92 Å². The van der Waals surface area contributed by atoms with Crippen LogP contribution in [0.1, 0.15) is 45.4 Å². The van der Waals surface area contributed by atoms with Crippen LogP contribution in [0.15, 0.2) is 6.07 Å². The number of benzene rings is 1. The lowest BCUT2D eigenvalue weighted by Gasteiger charge is -2.10. The molecule has 0 aliphatic rings. The van der Waals surface area contributed by atoms with Crippen molar-refractivity contribution in [2.24, 2.45) is 0 Å². The number of hydrogen-bond donors (Lipinski definition) is 0. The molecule has 0 aliphatic carbocycles. The van der Waals surface area contributed by atoms with Gasteiger partial charge in [-0.15, -0.1) is 0 Å². The first-order valence-electron chi connectivity index (χ1n) is 7.56. The fourth-order valence-electron chi connectivity index (χ4n) is 1.75. The minimum atomic E-state index is -0.531. The second-order valence-corrected chi connectivity index (χ2v) is 6.62. The van der Waals surface area contributed by atoms with Crippen molar-refractivity contribution in [2.75, 3.05) is 6.61 Å². The highest BCUT2D eigenvalue weighted by Gasteiger charge is 2.18. The maximum atomic E-state index is 11.9. The Hall–Kier alpha value is -0.680. The first-order chi connectivity index (χ1) is 11.4. The predicted molar refractivity (Wildman–Crippen MR) is 96.5 cm³/mol. The Morgan fingerprint density at radius 2 is 1.46 bits per heavy atom. The molecular weight excluding hydrogens is 398 g/mol. The highest BCUT2D eigenvalue weighted by atomic mass is 35.5. The van der Waals surface area contributed by atoms with Crippen LogP contribution in [0.4, 0.5) is 0 Å². The second kappa shape index (κ2) is 11.0. The van der Waals surface area contributed by atoms with E-state index in [0.717, 1.165) is 12.8 Å². The van der Waals surface area contributed by atoms with Crippen LogP contribution in [0.3, 0.4) is 0 Å². The molecule has 0 bridgehead atoms. The van der Waals surface area contributed by atoms with Crippen LogP contribution in [0.5, 0.6) is 5.75 Å². The van der Waals surface area contributed by atoms with Crippen LogP contribution in [-0.2, 0) is 14.3 Å². The number of rotatable bonds is 9. The number of esters is 2. The molecule has 4 nitrogen and oxygen atoms in total. The largest absolute Gasteiger partial charge is 0.466 e. The summed E-state index contributed by atoms with van der Waals surface area (Å²) in [5, 5.41) is 0.338. The lowest BCUT2D eigenvalue weighted by molar-refractivity contribution is -0.144. The third-order valence-corrected chi connectivity index (χ3v) is 4.60. The summed E-state index contributed by atoms with van der Waals surface area (Å²) < 4.78 is 10.2. The average molecular weight is 416 g/mol. The van der Waals surface area contributed by atoms with E-state index in [9.17, 15) is 9.59 Å². The van der Waals surface area contributed by atoms with Gasteiger partial charge in [-0.1, -0.05) is 59.7 Å². The normalized spacial score (nSPS) is 10.5. The molecule has 0 spiro atoms. The smallest absolute Gasteiger partial charge is 0.311 e. The molecule has 0 aromatic heterocycles. The Balaban J connectivity index is 2.39. The Morgan fingerprint density at radius 3 is 2.00 bits per heavy atom. The van der Waals surface area contributed by atoms with Gasteiger partial charge in [-0.3, -0.25) is 9.59 Å². The summed E-state index contributed by atoms with van der Waals surface area (Å²) in [5.74, 6) is -0.846. The molecular formula is C16H18Cl4O4. The number of unbranched alkanes of at least 4 members (excludes halogenated alkanes) is 2. The molecule has 1 aromatic carbocycles. The number of carbonyl (C=O) groups excluding carboxylic acids is 2. The zero-order valence-electron chi connectivity index (χ0n) is 13.2. The number of ether oxygens (including phenoxy) is 2. The third kappa shape index (κ3) is 7.06. The summed E-state index contributed by atoms with van der Waals surface area (Å²) in [4.78, 5) is 23.3. The zero-order chi connectivity index (χ0) is 18.1. The third-order valence-electron chi connectivity index (χ3n) is 3.06. The lowest BCUT2D eigenvalue weighted by atomic mass is 10.2. The van der Waals surface area contributed by atoms with Crippen molar-refractivity contribution >= 4 is 58.3 Å². The molecule has 0 amide bonds. The van der Waals surface area contributed by atoms with Gasteiger partial charge in [-0.2, -0.15) is 0 Å². The van der Waals surface area contributed by atoms with E-state index in [4.69, 9.17) is 55.9 Å². The van der Waals surface area contributed by atoms with Gasteiger partial charge in [0.1, 0.15) is 10.0 Å². The van der Waals surface area contributed by atoms with Gasteiger partial charge < -0.3 is 9.47 Å². The molecule has 1 aromatic rings. The minimum Gasteiger partial charge on any atom is -0.466 e. The van der Waals surface area contributed by atoms with Crippen LogP contribution in [0.25, 0.3) is 0 Å². The number of halogens is 4. The molecule has 8 heteroatoms. The van der Waals surface area contributed by atoms with E-state index in [-0.39, 0.29) is 44.7 Å². The van der Waals surface area contributed by atoms with Gasteiger partial charge in [-0.25, -0.2) is 0 Å². The molecule has 0 radical (unpaired) electrons. The Kier molecular flexibility index (Phi) is 9.82. The average Bonchev–Trinajstić information content (AvgIpc) is 2.54. The second-order valence-electron chi connectivity index (χ2n) is 5.05. The summed E-state index contributed by atoms with van der Waals surface area (Å²) in [6.45, 7) is 2.45. The Morgan fingerprint density at radius 1 is 0.917 bits per heavy atom. The topological polar surface area (TPSA) is 52.6 Å². The van der Waals surface area contributed by atoms with Crippen molar-refractivity contribution in [3.63, 3.8) is 0 Å². The van der Waals surface area contributed by atoms with Gasteiger partial charge >= 0.3 is 11.9 Å². The van der Waals surface area contributed by atoms with E-state index in [1.54, 1.807) is 0 Å². The maximum absolute atomic E-state index is 11.9. The van der Waals surface area contributed by atoms with Crippen LogP contribution >= 0.6 is 46.4 Å². The molecule has 0 aliphatic heterocycles. The summed E-state index contributed by atoms with van der Waals surface area (Å²) in [6.07, 6.45) is 3.20. The van der Waals surface area contributed by atoms with E-state index < -0.39 is 5.97 Å². The van der Waals surface area contributed by atoms with Crippen molar-refractivity contribution in [3.8, 4) is 5.75 Å². The van der Waals surface area contributed by atoms with Crippen molar-refractivity contribution in [1.29, 1.82) is 0 Å². The molecule has 134 valence electrons. The van der Waals surface area contributed by atoms with Crippen LogP contribution < -0.4 is 4.74 Å². The van der Waals surface area contributed by atoms with E-state index >= 15 is 0 Å². The molecule has 0 unspecified atom stereocenters. The summed E-state index contributed by atoms with van der Waals surface area (Å²) in [6, 6.07) is 1.37. The predicted octanol–water partition coefficient (Wildman–Crippen LogP) is 6.11. The number of hydrogen-bond acceptors (Lipinski definition) is 4. The number of carbonyl (C=O) groups is 2. The molecule has 24 heavy (non-hydrogen) atoms. The highest BCUT2D eigenvalue weighted by Crippen LogP contribution is 2.42. The summed E-state index contributed by atoms with van der Waals surface area (Å²) >= 11 is 23.7. The Bertz CT molecular complexity index is 564. The molecule has 0 heterocycles. The molecule has 0 saturated carbocycles. The first-order valence-corrected chi connectivity index (χ1v) is 9.07. The van der Waals surface area contributed by atoms with Crippen molar-refractivity contribution in [3.05, 3.63) is 26.2 Å². The summed E-state index contributed by atoms with van der Waals surface area (Å²) in [5.41, 5.74) is 0. The van der Waals surface area contributed by atoms with E-state index in [0.29, 0.717) is 19.4 Å². The SMILES string of the molecule is CCCCOC(=O)CCCCC(=O)Oc1c(Cl)c(Cl)cc(Cl)c1Cl. The standard InChI is InChI=1S/C16H18Cl4O4/c1-2-3-8-23-12(21)6-4-5-7-13(22)24-16-14(19)10(17)9-11(18)15(16)20/h9H,2-8H2,1H3. The summed E-state index contributed by atoms with van der Waals surface area (Å²) in [7, 11) is 0. The molecule has 1 rings (SSSR count). The van der Waals surface area contributed by atoms with Crippen LogP contribution in [0.2, 0.25) is 20.1 Å². The zero-order valence-corrected chi connectivity index (χ0v) is 16.2. The van der Waals surface area contributed by atoms with Crippen molar-refractivity contribution in [2.45, 2.75) is 45.4 Å². The van der Waals surface area contributed by atoms with E-state index in [2.05, 4.69) is 0 Å². The van der Waals surface area contributed by atoms with Crippen molar-refractivity contribution in [1.82, 2.24) is 0 Å². The minimum absolute atomic E-state index is 0.0268. The van der Waals surface area contributed by atoms with Crippen molar-refractivity contribution < 1.29 is 19.1 Å². The van der Waals surface area contributed by atoms with Crippen LogP contribution in [0, 0.1) is 0 Å². The van der Waals surface area contributed by atoms with Gasteiger partial charge in [0.25, 0.3) is 0 Å². The van der Waals surface area contributed by atoms with Gasteiger partial charge in [0.2, 0.25) is 0 Å². The fourth-order valence-corrected chi connectivity index (χ4v) is 2.62. The highest BCUT2D eigenvalue weighted by molar-refractivity contribution is 6.48. The van der Waals surface area contributed by atoms with E-state index in [1.165, 1.54) is 6.07 Å². The van der Waals surface area contributed by atoms with Gasteiger partial charge in [0.15, 0.2) is 5.75 Å². The van der Waals surface area contributed by atoms with Gasteiger partial charge in [0.05, 0.1) is 16.7 Å². The quantitative estimate of drug-likeness (QED) is 0.211. The monoisotopic (exact) mass is 414 g/mol. The Labute approximate surface area is 161 Å². The fraction of sp³-hybridized carbons (Fsp3) is 0.500. The molecule has 0 saturated heterocycles. The molecule has 0 fully saturated rings. The molecule has 0 N–H and O–H groups in total. The van der Waals surface area contributed by atoms with Gasteiger partial charge in [0, 0.05) is 12.8 Å². The lowest BCUT2D eigenvalue weighted by Crippen LogP contribution is -2.10. The van der Waals surface area contributed by atoms with Gasteiger partial charge in [-0.05, 0) is 25.3 Å².